The smallest absolute Gasteiger partial charge is 0.287 e. The number of pyridine rings is 1. The van der Waals surface area contributed by atoms with Crippen LogP contribution in [0.2, 0.25) is 0 Å². The topological polar surface area (TPSA) is 163 Å². The number of carbonyl (C=O) groups is 1. The van der Waals surface area contributed by atoms with Gasteiger partial charge in [0.25, 0.3) is 17.2 Å². The van der Waals surface area contributed by atoms with Gasteiger partial charge in [-0.05, 0) is 42.3 Å². The lowest BCUT2D eigenvalue weighted by Gasteiger charge is -2.29. The number of amides is 1. The van der Waals surface area contributed by atoms with E-state index in [9.17, 15) is 24.8 Å². The molecule has 45 heavy (non-hydrogen) atoms. The van der Waals surface area contributed by atoms with Crippen molar-refractivity contribution in [1.29, 1.82) is 0 Å². The number of aromatic nitrogens is 3. The number of hydrogen-bond donors (Lipinski definition) is 3. The summed E-state index contributed by atoms with van der Waals surface area (Å²) in [6.07, 6.45) is 2.31. The van der Waals surface area contributed by atoms with Gasteiger partial charge in [-0.3, -0.25) is 24.4 Å². The van der Waals surface area contributed by atoms with Crippen molar-refractivity contribution >= 4 is 17.4 Å². The number of para-hydroxylation sites is 1. The van der Waals surface area contributed by atoms with Gasteiger partial charge < -0.3 is 25.2 Å². The minimum Gasteiger partial charge on any atom is -0.459 e. The fourth-order valence-electron chi connectivity index (χ4n) is 5.12. The van der Waals surface area contributed by atoms with Gasteiger partial charge in [0.05, 0.1) is 23.8 Å². The van der Waals surface area contributed by atoms with Gasteiger partial charge >= 0.3 is 0 Å². The first-order valence-corrected chi connectivity index (χ1v) is 14.4. The number of nitrogens with zero attached hydrogens (tertiary/aromatic N) is 4. The van der Waals surface area contributed by atoms with Crippen LogP contribution in [0.5, 0.6) is 0 Å². The zero-order valence-corrected chi connectivity index (χ0v) is 24.9. The van der Waals surface area contributed by atoms with Crippen LogP contribution in [0, 0.1) is 17.0 Å². The minimum absolute atomic E-state index is 0.0363. The van der Waals surface area contributed by atoms with E-state index < -0.39 is 23.0 Å². The molecule has 0 aliphatic carbocycles. The highest BCUT2D eigenvalue weighted by Gasteiger charge is 2.33. The Hall–Kier alpha value is -5.27. The molecule has 3 N–H and O–H groups in total. The molecule has 2 atom stereocenters. The summed E-state index contributed by atoms with van der Waals surface area (Å²) in [6, 6.07) is 19.5. The number of carbonyl (C=O) groups excluding carboxylic acids is 1. The lowest BCUT2D eigenvalue weighted by atomic mass is 9.93. The van der Waals surface area contributed by atoms with Crippen LogP contribution >= 0.6 is 0 Å². The van der Waals surface area contributed by atoms with Crippen molar-refractivity contribution < 1.29 is 24.3 Å². The summed E-state index contributed by atoms with van der Waals surface area (Å²) in [7, 11) is 1.82. The van der Waals surface area contributed by atoms with E-state index in [1.807, 2.05) is 68.6 Å². The van der Waals surface area contributed by atoms with E-state index in [4.69, 9.17) is 9.47 Å². The Bertz CT molecular complexity index is 1730. The van der Waals surface area contributed by atoms with Crippen molar-refractivity contribution in [2.75, 3.05) is 18.4 Å². The van der Waals surface area contributed by atoms with Crippen LogP contribution in [-0.4, -0.2) is 49.7 Å². The van der Waals surface area contributed by atoms with Gasteiger partial charge in [-0.2, -0.15) is 0 Å². The molecule has 2 aromatic carbocycles. The molecule has 13 heteroatoms. The number of rotatable bonds is 12. The highest BCUT2D eigenvalue weighted by molar-refractivity contribution is 5.91. The summed E-state index contributed by atoms with van der Waals surface area (Å²) >= 11 is 0. The number of allylic oxidation sites excluding steroid dienone is 1. The van der Waals surface area contributed by atoms with Crippen LogP contribution in [0.4, 0.5) is 11.5 Å². The Morgan fingerprint density at radius 3 is 2.51 bits per heavy atom. The van der Waals surface area contributed by atoms with Gasteiger partial charge in [-0.15, -0.1) is 0 Å². The molecule has 1 aliphatic heterocycles. The maximum Gasteiger partial charge on any atom is 0.287 e. The Balaban J connectivity index is 1.33. The van der Waals surface area contributed by atoms with Crippen LogP contribution in [0.1, 0.15) is 34.7 Å². The van der Waals surface area contributed by atoms with Gasteiger partial charge in [-0.25, -0.2) is 9.67 Å². The first-order valence-electron chi connectivity index (χ1n) is 14.4. The van der Waals surface area contributed by atoms with Crippen molar-refractivity contribution in [3.05, 3.63) is 128 Å². The zero-order chi connectivity index (χ0) is 31.9. The van der Waals surface area contributed by atoms with Crippen molar-refractivity contribution in [3.63, 3.8) is 0 Å². The highest BCUT2D eigenvalue weighted by atomic mass is 16.7. The first kappa shape index (κ1) is 31.2. The summed E-state index contributed by atoms with van der Waals surface area (Å²) in [5, 5.41) is 26.0. The predicted molar refractivity (Wildman–Crippen MR) is 166 cm³/mol. The lowest BCUT2D eigenvalue weighted by Crippen LogP contribution is -2.35. The van der Waals surface area contributed by atoms with Crippen LogP contribution in [0.3, 0.4) is 0 Å². The maximum absolute atomic E-state index is 13.8. The molecule has 0 bridgehead atoms. The number of anilines is 1. The average Bonchev–Trinajstić information content (AvgIpc) is 3.29. The van der Waals surface area contributed by atoms with Crippen molar-refractivity contribution in [2.45, 2.75) is 38.8 Å². The third kappa shape index (κ3) is 7.28. The number of ether oxygens (including phenoxy) is 2. The number of nitrogens with one attached hydrogen (secondary N) is 2. The number of aliphatic hydroxyl groups excluding tert-OH is 1. The molecule has 3 heterocycles. The van der Waals surface area contributed by atoms with E-state index in [1.165, 1.54) is 12.1 Å². The monoisotopic (exact) mass is 614 g/mol. The molecule has 0 fully saturated rings. The fourth-order valence-corrected chi connectivity index (χ4v) is 5.12. The molecule has 0 saturated heterocycles. The summed E-state index contributed by atoms with van der Waals surface area (Å²) in [6.45, 7) is 2.52. The number of aliphatic hydroxyl groups is 1. The minimum atomic E-state index is -0.815. The number of hydrogen-bond acceptors (Lipinski definition) is 9. The van der Waals surface area contributed by atoms with Crippen molar-refractivity contribution in [3.8, 4) is 5.69 Å². The second-order valence-corrected chi connectivity index (χ2v) is 10.5. The molecular formula is C32H34N6O7. The second-order valence-electron chi connectivity index (χ2n) is 10.5. The number of benzene rings is 2. The molecule has 0 radical (unpaired) electrons. The molecule has 0 unspecified atom stereocenters. The lowest BCUT2D eigenvalue weighted by molar-refractivity contribution is -0.385. The van der Waals surface area contributed by atoms with Crippen molar-refractivity contribution in [2.24, 2.45) is 7.05 Å². The SMILES string of the molecule is Cc1c([C@H]2C=C(C(=O)NCCNc3ccc([N+](=O)[O-])cn3)O[C@@H](OCc3ccc(CO)cc3)C2)c(=O)n(-c2ccccc2)n1C. The summed E-state index contributed by atoms with van der Waals surface area (Å²) in [5.74, 6) is -0.476. The van der Waals surface area contributed by atoms with Gasteiger partial charge in [0, 0.05) is 49.8 Å². The highest BCUT2D eigenvalue weighted by Crippen LogP contribution is 2.32. The standard InChI is InChI=1S/C32H34N6O7/c1-21-30(32(41)37(36(21)2)25-6-4-3-5-7-25)24-16-27(45-29(17-24)44-20-23-10-8-22(19-39)9-11-23)31(40)34-15-14-33-28-13-12-26(18-35-28)38(42)43/h3-13,16,18,24,29,39H,14-15,17,19-20H2,1-2H3,(H,33,35)(H,34,40)/t24-,29+/m0/s1. The molecule has 13 nitrogen and oxygen atoms in total. The van der Waals surface area contributed by atoms with E-state index in [0.717, 1.165) is 28.7 Å². The zero-order valence-electron chi connectivity index (χ0n) is 24.9. The molecule has 4 aromatic rings. The third-order valence-corrected chi connectivity index (χ3v) is 7.57. The van der Waals surface area contributed by atoms with Crippen LogP contribution < -0.4 is 16.2 Å². The van der Waals surface area contributed by atoms with E-state index in [0.29, 0.717) is 24.3 Å². The summed E-state index contributed by atoms with van der Waals surface area (Å²) in [5.41, 5.74) is 3.35. The van der Waals surface area contributed by atoms with E-state index in [1.54, 1.807) is 15.4 Å². The molecule has 5 rings (SSSR count). The quantitative estimate of drug-likeness (QED) is 0.123. The molecule has 2 aromatic heterocycles. The normalized spacial score (nSPS) is 16.0. The third-order valence-electron chi connectivity index (χ3n) is 7.57. The van der Waals surface area contributed by atoms with Gasteiger partial charge in [0.2, 0.25) is 6.29 Å². The number of nitro groups is 1. The Morgan fingerprint density at radius 2 is 1.84 bits per heavy atom. The Morgan fingerprint density at radius 1 is 1.11 bits per heavy atom. The van der Waals surface area contributed by atoms with Crippen LogP contribution in [0.15, 0.2) is 89.6 Å². The average molecular weight is 615 g/mol. The molecule has 234 valence electrons. The fraction of sp³-hybridized carbons (Fsp3) is 0.281. The van der Waals surface area contributed by atoms with Crippen LogP contribution in [0.25, 0.3) is 5.69 Å². The molecular weight excluding hydrogens is 580 g/mol. The molecule has 0 saturated carbocycles. The second kappa shape index (κ2) is 14.0. The summed E-state index contributed by atoms with van der Waals surface area (Å²) < 4.78 is 15.5. The van der Waals surface area contributed by atoms with Gasteiger partial charge in [0.15, 0.2) is 5.76 Å². The maximum atomic E-state index is 13.8. The Kier molecular flexibility index (Phi) is 9.70. The van der Waals surface area contributed by atoms with Gasteiger partial charge in [0.1, 0.15) is 12.0 Å². The molecule has 1 aliphatic rings. The van der Waals surface area contributed by atoms with Crippen LogP contribution in [-0.2, 0) is 34.5 Å². The molecule has 0 spiro atoms. The van der Waals surface area contributed by atoms with E-state index >= 15 is 0 Å². The predicted octanol–water partition coefficient (Wildman–Crippen LogP) is 3.44. The largest absolute Gasteiger partial charge is 0.459 e. The van der Waals surface area contributed by atoms with Gasteiger partial charge in [-0.1, -0.05) is 42.5 Å². The van der Waals surface area contributed by atoms with E-state index in [2.05, 4.69) is 15.6 Å². The Labute approximate surface area is 258 Å². The summed E-state index contributed by atoms with van der Waals surface area (Å²) in [4.78, 5) is 41.4. The first-order chi connectivity index (χ1) is 21.7. The molecule has 1 amide bonds. The van der Waals surface area contributed by atoms with Crippen molar-refractivity contribution in [1.82, 2.24) is 19.7 Å². The van der Waals surface area contributed by atoms with E-state index in [-0.39, 0.29) is 36.8 Å².